The van der Waals surface area contributed by atoms with Crippen molar-refractivity contribution in [3.8, 4) is 0 Å². The van der Waals surface area contributed by atoms with Crippen LogP contribution in [0.2, 0.25) is 0 Å². The van der Waals surface area contributed by atoms with E-state index in [2.05, 4.69) is 18.8 Å². The predicted molar refractivity (Wildman–Crippen MR) is 61.8 cm³/mol. The van der Waals surface area contributed by atoms with Crippen LogP contribution in [0.4, 0.5) is 5.13 Å². The predicted octanol–water partition coefficient (Wildman–Crippen LogP) is 3.51. The lowest BCUT2D eigenvalue weighted by molar-refractivity contribution is 0.684. The summed E-state index contributed by atoms with van der Waals surface area (Å²) in [6.45, 7) is 4.46. The number of anilines is 1. The van der Waals surface area contributed by atoms with Gasteiger partial charge < -0.3 is 5.73 Å². The van der Waals surface area contributed by atoms with Crippen molar-refractivity contribution in [2.24, 2.45) is 0 Å². The minimum atomic E-state index is 0.570. The average molecular weight is 210 g/mol. The van der Waals surface area contributed by atoms with Crippen LogP contribution in [-0.4, -0.2) is 4.98 Å². The molecule has 1 aromatic heterocycles. The zero-order valence-corrected chi connectivity index (χ0v) is 9.73. The molecule has 2 nitrogen and oxygen atoms in total. The number of nitrogens with two attached hydrogens (primary N) is 1. The summed E-state index contributed by atoms with van der Waals surface area (Å²) in [5.41, 5.74) is 7.10. The van der Waals surface area contributed by atoms with E-state index in [0.29, 0.717) is 11.8 Å². The lowest BCUT2D eigenvalue weighted by atomic mass is 9.99. The zero-order chi connectivity index (χ0) is 10.1. The van der Waals surface area contributed by atoms with Gasteiger partial charge in [0.15, 0.2) is 5.13 Å². The lowest BCUT2D eigenvalue weighted by Crippen LogP contribution is -1.98. The molecule has 1 aliphatic carbocycles. The van der Waals surface area contributed by atoms with E-state index < -0.39 is 0 Å². The molecule has 1 aliphatic rings. The van der Waals surface area contributed by atoms with Gasteiger partial charge in [-0.1, -0.05) is 26.7 Å². The van der Waals surface area contributed by atoms with Crippen LogP contribution in [0.15, 0.2) is 0 Å². The molecule has 3 heteroatoms. The van der Waals surface area contributed by atoms with Gasteiger partial charge >= 0.3 is 0 Å². The van der Waals surface area contributed by atoms with Crippen molar-refractivity contribution >= 4 is 16.5 Å². The minimum Gasteiger partial charge on any atom is -0.375 e. The molecule has 1 saturated carbocycles. The van der Waals surface area contributed by atoms with Gasteiger partial charge in [0.1, 0.15) is 0 Å². The van der Waals surface area contributed by atoms with Crippen molar-refractivity contribution in [2.75, 3.05) is 5.73 Å². The van der Waals surface area contributed by atoms with Crippen LogP contribution in [-0.2, 0) is 0 Å². The van der Waals surface area contributed by atoms with E-state index in [4.69, 9.17) is 5.73 Å². The summed E-state index contributed by atoms with van der Waals surface area (Å²) in [7, 11) is 0. The van der Waals surface area contributed by atoms with Crippen molar-refractivity contribution in [1.29, 1.82) is 0 Å². The Kier molecular flexibility index (Phi) is 2.77. The molecule has 0 saturated heterocycles. The third kappa shape index (κ3) is 1.78. The van der Waals surface area contributed by atoms with Gasteiger partial charge in [-0.15, -0.1) is 11.3 Å². The first-order chi connectivity index (χ1) is 6.68. The fourth-order valence-electron chi connectivity index (χ4n) is 2.27. The quantitative estimate of drug-likeness (QED) is 0.811. The molecule has 2 N–H and O–H groups in total. The molecule has 0 atom stereocenters. The van der Waals surface area contributed by atoms with Gasteiger partial charge in [-0.3, -0.25) is 0 Å². The third-order valence-corrected chi connectivity index (χ3v) is 4.16. The van der Waals surface area contributed by atoms with Crippen LogP contribution in [0.5, 0.6) is 0 Å². The highest BCUT2D eigenvalue weighted by Gasteiger charge is 2.24. The van der Waals surface area contributed by atoms with Crippen molar-refractivity contribution in [3.63, 3.8) is 0 Å². The molecule has 1 heterocycles. The molecule has 14 heavy (non-hydrogen) atoms. The van der Waals surface area contributed by atoms with Gasteiger partial charge in [0.2, 0.25) is 0 Å². The first kappa shape index (κ1) is 9.97. The van der Waals surface area contributed by atoms with E-state index in [0.717, 1.165) is 5.13 Å². The van der Waals surface area contributed by atoms with Crippen molar-refractivity contribution < 1.29 is 0 Å². The minimum absolute atomic E-state index is 0.570. The van der Waals surface area contributed by atoms with E-state index in [1.54, 1.807) is 11.3 Å². The summed E-state index contributed by atoms with van der Waals surface area (Å²) in [6.07, 6.45) is 5.34. The second-order valence-electron chi connectivity index (χ2n) is 4.44. The number of hydrogen-bond donors (Lipinski definition) is 1. The molecule has 0 bridgehead atoms. The molecule has 0 aromatic carbocycles. The Labute approximate surface area is 89.5 Å². The van der Waals surface area contributed by atoms with Crippen LogP contribution in [0.25, 0.3) is 0 Å². The molecule has 2 rings (SSSR count). The number of thiazole rings is 1. The van der Waals surface area contributed by atoms with Gasteiger partial charge in [0.25, 0.3) is 0 Å². The normalized spacial score (nSPS) is 18.2. The zero-order valence-electron chi connectivity index (χ0n) is 8.92. The van der Waals surface area contributed by atoms with Crippen LogP contribution in [0.3, 0.4) is 0 Å². The van der Waals surface area contributed by atoms with E-state index in [1.165, 1.54) is 36.3 Å². The molecule has 0 radical (unpaired) electrons. The Morgan fingerprint density at radius 2 is 2.00 bits per heavy atom. The summed E-state index contributed by atoms with van der Waals surface area (Å²) in [5.74, 6) is 1.27. The summed E-state index contributed by atoms with van der Waals surface area (Å²) in [4.78, 5) is 5.92. The fraction of sp³-hybridized carbons (Fsp3) is 0.727. The molecular formula is C11H18N2S. The highest BCUT2D eigenvalue weighted by Crippen LogP contribution is 2.40. The Morgan fingerprint density at radius 3 is 2.57 bits per heavy atom. The van der Waals surface area contributed by atoms with E-state index in [-0.39, 0.29) is 0 Å². The van der Waals surface area contributed by atoms with Gasteiger partial charge in [0, 0.05) is 10.8 Å². The average Bonchev–Trinajstić information content (AvgIpc) is 2.70. The van der Waals surface area contributed by atoms with Crippen LogP contribution >= 0.6 is 11.3 Å². The van der Waals surface area contributed by atoms with E-state index in [1.807, 2.05) is 0 Å². The molecular weight excluding hydrogens is 192 g/mol. The summed E-state index contributed by atoms with van der Waals surface area (Å²) < 4.78 is 0. The standard InChI is InChI=1S/C11H18N2S/c1-7(2)10-9(13-11(12)14-10)8-5-3-4-6-8/h7-8H,3-6H2,1-2H3,(H2,12,13). The van der Waals surface area contributed by atoms with Crippen molar-refractivity contribution in [3.05, 3.63) is 10.6 Å². The third-order valence-electron chi connectivity index (χ3n) is 2.96. The molecule has 0 amide bonds. The first-order valence-electron chi connectivity index (χ1n) is 5.44. The van der Waals surface area contributed by atoms with E-state index in [9.17, 15) is 0 Å². The Bertz CT molecular complexity index is 311. The Hall–Kier alpha value is -0.570. The second-order valence-corrected chi connectivity index (χ2v) is 5.50. The molecule has 0 aliphatic heterocycles. The molecule has 0 spiro atoms. The maximum absolute atomic E-state index is 5.79. The maximum Gasteiger partial charge on any atom is 0.180 e. The van der Waals surface area contributed by atoms with Crippen LogP contribution in [0, 0.1) is 0 Å². The first-order valence-corrected chi connectivity index (χ1v) is 6.26. The van der Waals surface area contributed by atoms with Gasteiger partial charge in [-0.25, -0.2) is 4.98 Å². The summed E-state index contributed by atoms with van der Waals surface area (Å²) in [6, 6.07) is 0. The number of nitrogens with zero attached hydrogens (tertiary/aromatic N) is 1. The summed E-state index contributed by atoms with van der Waals surface area (Å²) >= 11 is 1.68. The number of rotatable bonds is 2. The Balaban J connectivity index is 2.30. The monoisotopic (exact) mass is 210 g/mol. The molecule has 78 valence electrons. The smallest absolute Gasteiger partial charge is 0.180 e. The Morgan fingerprint density at radius 1 is 1.36 bits per heavy atom. The lowest BCUT2D eigenvalue weighted by Gasteiger charge is -2.10. The summed E-state index contributed by atoms with van der Waals surface area (Å²) in [5, 5.41) is 0.746. The van der Waals surface area contributed by atoms with Crippen molar-refractivity contribution in [2.45, 2.75) is 51.4 Å². The SMILES string of the molecule is CC(C)c1sc(N)nc1C1CCCC1. The largest absolute Gasteiger partial charge is 0.375 e. The maximum atomic E-state index is 5.79. The number of aromatic nitrogens is 1. The second kappa shape index (κ2) is 3.89. The molecule has 0 unspecified atom stereocenters. The fourth-order valence-corrected chi connectivity index (χ4v) is 3.19. The number of hydrogen-bond acceptors (Lipinski definition) is 3. The van der Waals surface area contributed by atoms with Crippen molar-refractivity contribution in [1.82, 2.24) is 4.98 Å². The van der Waals surface area contributed by atoms with Gasteiger partial charge in [-0.2, -0.15) is 0 Å². The van der Waals surface area contributed by atoms with Crippen LogP contribution < -0.4 is 5.73 Å². The molecule has 1 aromatic rings. The van der Waals surface area contributed by atoms with Crippen LogP contribution in [0.1, 0.15) is 61.9 Å². The van der Waals surface area contributed by atoms with Gasteiger partial charge in [0.05, 0.1) is 5.69 Å². The highest BCUT2D eigenvalue weighted by atomic mass is 32.1. The van der Waals surface area contributed by atoms with E-state index >= 15 is 0 Å². The number of nitrogen functional groups attached to an aromatic ring is 1. The molecule has 1 fully saturated rings. The van der Waals surface area contributed by atoms with Gasteiger partial charge in [-0.05, 0) is 18.8 Å². The topological polar surface area (TPSA) is 38.9 Å². The highest BCUT2D eigenvalue weighted by molar-refractivity contribution is 7.15.